The van der Waals surface area contributed by atoms with Crippen LogP contribution in [-0.2, 0) is 16.0 Å². The van der Waals surface area contributed by atoms with E-state index in [0.717, 1.165) is 5.56 Å². The summed E-state index contributed by atoms with van der Waals surface area (Å²) in [5.74, 6) is -2.39. The third-order valence-electron chi connectivity index (χ3n) is 2.80. The zero-order valence-corrected chi connectivity index (χ0v) is 9.11. The van der Waals surface area contributed by atoms with E-state index in [1.807, 2.05) is 6.92 Å². The largest absolute Gasteiger partial charge is 0.308 e. The van der Waals surface area contributed by atoms with E-state index in [1.54, 1.807) is 18.2 Å². The summed E-state index contributed by atoms with van der Waals surface area (Å²) in [6, 6.07) is 5.26. The minimum atomic E-state index is -0.948. The SMILES string of the molecule is CCc1cccc2c1C(=O)C(=O)C(=O)N2C. The van der Waals surface area contributed by atoms with Gasteiger partial charge in [-0.05, 0) is 18.1 Å². The predicted molar refractivity (Wildman–Crippen MR) is 58.6 cm³/mol. The van der Waals surface area contributed by atoms with Gasteiger partial charge in [-0.25, -0.2) is 0 Å². The summed E-state index contributed by atoms with van der Waals surface area (Å²) < 4.78 is 0. The van der Waals surface area contributed by atoms with Crippen LogP contribution in [-0.4, -0.2) is 24.5 Å². The number of likely N-dealkylation sites (N-methyl/N-ethyl adjacent to an activating group) is 1. The summed E-state index contributed by atoms with van der Waals surface area (Å²) in [5.41, 5.74) is 1.70. The Hall–Kier alpha value is -1.97. The second-order valence-corrected chi connectivity index (χ2v) is 3.69. The number of hydrogen-bond donors (Lipinski definition) is 0. The number of amides is 1. The molecule has 0 radical (unpaired) electrons. The van der Waals surface area contributed by atoms with Gasteiger partial charge in [-0.2, -0.15) is 0 Å². The van der Waals surface area contributed by atoms with E-state index in [1.165, 1.54) is 11.9 Å². The second kappa shape index (κ2) is 3.56. The van der Waals surface area contributed by atoms with Gasteiger partial charge in [0.15, 0.2) is 0 Å². The van der Waals surface area contributed by atoms with E-state index in [4.69, 9.17) is 0 Å². The van der Waals surface area contributed by atoms with E-state index in [-0.39, 0.29) is 0 Å². The normalized spacial score (nSPS) is 15.4. The van der Waals surface area contributed by atoms with Gasteiger partial charge in [0.25, 0.3) is 5.78 Å². The fourth-order valence-electron chi connectivity index (χ4n) is 1.90. The van der Waals surface area contributed by atoms with Gasteiger partial charge < -0.3 is 4.90 Å². The van der Waals surface area contributed by atoms with Crippen molar-refractivity contribution >= 4 is 23.2 Å². The van der Waals surface area contributed by atoms with Crippen molar-refractivity contribution in [3.05, 3.63) is 29.3 Å². The molecule has 1 aromatic rings. The molecule has 0 saturated carbocycles. The van der Waals surface area contributed by atoms with Gasteiger partial charge in [-0.1, -0.05) is 19.1 Å². The Kier molecular flexibility index (Phi) is 2.34. The quantitative estimate of drug-likeness (QED) is 0.659. The summed E-state index contributed by atoms with van der Waals surface area (Å²) in [4.78, 5) is 35.9. The van der Waals surface area contributed by atoms with Crippen LogP contribution in [0.25, 0.3) is 0 Å². The minimum absolute atomic E-state index is 0.372. The fraction of sp³-hybridized carbons (Fsp3) is 0.250. The zero-order chi connectivity index (χ0) is 11.9. The molecule has 0 spiro atoms. The van der Waals surface area contributed by atoms with Crippen LogP contribution in [0.15, 0.2) is 18.2 Å². The number of carbonyl (C=O) groups excluding carboxylic acids is 3. The maximum atomic E-state index is 11.8. The molecule has 16 heavy (non-hydrogen) atoms. The van der Waals surface area contributed by atoms with Crippen LogP contribution in [0.5, 0.6) is 0 Å². The van der Waals surface area contributed by atoms with Crippen LogP contribution in [0.3, 0.4) is 0 Å². The lowest BCUT2D eigenvalue weighted by molar-refractivity contribution is -0.133. The predicted octanol–water partition coefficient (Wildman–Crippen LogP) is 0.977. The van der Waals surface area contributed by atoms with E-state index in [2.05, 4.69) is 0 Å². The molecule has 1 aromatic carbocycles. The molecule has 1 heterocycles. The smallest absolute Gasteiger partial charge is 0.302 e. The molecule has 0 aromatic heterocycles. The molecule has 1 aliphatic rings. The van der Waals surface area contributed by atoms with Crippen LogP contribution in [0, 0.1) is 0 Å². The van der Waals surface area contributed by atoms with Gasteiger partial charge in [-0.15, -0.1) is 0 Å². The van der Waals surface area contributed by atoms with Crippen molar-refractivity contribution in [1.29, 1.82) is 0 Å². The molecule has 1 aliphatic heterocycles. The number of Topliss-reactive ketones (excluding diaryl/α,β-unsaturated/α-hetero) is 2. The van der Waals surface area contributed by atoms with E-state index in [9.17, 15) is 14.4 Å². The number of carbonyl (C=O) groups is 3. The first-order valence-corrected chi connectivity index (χ1v) is 5.06. The molecule has 0 saturated heterocycles. The highest BCUT2D eigenvalue weighted by atomic mass is 16.2. The highest BCUT2D eigenvalue weighted by molar-refractivity contribution is 6.71. The Labute approximate surface area is 92.9 Å². The summed E-state index contributed by atoms with van der Waals surface area (Å²) in [5, 5.41) is 0. The number of ketones is 2. The standard InChI is InChI=1S/C12H11NO3/c1-3-7-5-4-6-8-9(7)10(14)11(15)12(16)13(8)2/h4-6H,3H2,1-2H3. The number of hydrogen-bond acceptors (Lipinski definition) is 3. The molecule has 2 rings (SSSR count). The Morgan fingerprint density at radius 3 is 2.44 bits per heavy atom. The lowest BCUT2D eigenvalue weighted by Crippen LogP contribution is -2.43. The number of nitrogens with zero attached hydrogens (tertiary/aromatic N) is 1. The molecule has 82 valence electrons. The Morgan fingerprint density at radius 2 is 1.81 bits per heavy atom. The molecule has 1 amide bonds. The van der Waals surface area contributed by atoms with Gasteiger partial charge in [0, 0.05) is 7.05 Å². The lowest BCUT2D eigenvalue weighted by Gasteiger charge is -2.25. The van der Waals surface area contributed by atoms with E-state index >= 15 is 0 Å². The summed E-state index contributed by atoms with van der Waals surface area (Å²) >= 11 is 0. The number of fused-ring (bicyclic) bond motifs is 1. The Bertz CT molecular complexity index is 505. The van der Waals surface area contributed by atoms with Crippen LogP contribution in [0.2, 0.25) is 0 Å². The molecule has 4 heteroatoms. The highest BCUT2D eigenvalue weighted by Gasteiger charge is 2.37. The van der Waals surface area contributed by atoms with Crippen molar-refractivity contribution in [2.45, 2.75) is 13.3 Å². The average molecular weight is 217 g/mol. The van der Waals surface area contributed by atoms with Crippen molar-refractivity contribution in [2.75, 3.05) is 11.9 Å². The maximum Gasteiger partial charge on any atom is 0.302 e. The molecule has 0 N–H and O–H groups in total. The van der Waals surface area contributed by atoms with E-state index < -0.39 is 17.5 Å². The summed E-state index contributed by atoms with van der Waals surface area (Å²) in [7, 11) is 1.50. The number of anilines is 1. The Balaban J connectivity index is 2.72. The van der Waals surface area contributed by atoms with Crippen LogP contribution < -0.4 is 4.90 Å². The van der Waals surface area contributed by atoms with E-state index in [0.29, 0.717) is 17.7 Å². The van der Waals surface area contributed by atoms with Crippen LogP contribution in [0.4, 0.5) is 5.69 Å². The number of benzene rings is 1. The zero-order valence-electron chi connectivity index (χ0n) is 9.11. The van der Waals surface area contributed by atoms with Gasteiger partial charge in [-0.3, -0.25) is 14.4 Å². The number of aryl methyl sites for hydroxylation is 1. The lowest BCUT2D eigenvalue weighted by atomic mass is 9.93. The van der Waals surface area contributed by atoms with Gasteiger partial charge >= 0.3 is 5.91 Å². The molecule has 0 bridgehead atoms. The highest BCUT2D eigenvalue weighted by Crippen LogP contribution is 2.28. The fourth-order valence-corrected chi connectivity index (χ4v) is 1.90. The van der Waals surface area contributed by atoms with Crippen molar-refractivity contribution < 1.29 is 14.4 Å². The molecule has 0 atom stereocenters. The topological polar surface area (TPSA) is 54.5 Å². The third-order valence-corrected chi connectivity index (χ3v) is 2.80. The average Bonchev–Trinajstić information content (AvgIpc) is 2.32. The molecular weight excluding hydrogens is 206 g/mol. The monoisotopic (exact) mass is 217 g/mol. The maximum absolute atomic E-state index is 11.8. The first-order valence-electron chi connectivity index (χ1n) is 5.06. The van der Waals surface area contributed by atoms with Crippen molar-refractivity contribution in [1.82, 2.24) is 0 Å². The van der Waals surface area contributed by atoms with Gasteiger partial charge in [0.1, 0.15) is 0 Å². The summed E-state index contributed by atoms with van der Waals surface area (Å²) in [6.45, 7) is 1.91. The Morgan fingerprint density at radius 1 is 1.12 bits per heavy atom. The van der Waals surface area contributed by atoms with Gasteiger partial charge in [0.05, 0.1) is 11.3 Å². The molecule has 0 unspecified atom stereocenters. The first-order chi connectivity index (χ1) is 7.57. The minimum Gasteiger partial charge on any atom is -0.308 e. The third kappa shape index (κ3) is 1.26. The van der Waals surface area contributed by atoms with Crippen molar-refractivity contribution in [3.63, 3.8) is 0 Å². The molecule has 0 aliphatic carbocycles. The first kappa shape index (κ1) is 10.5. The van der Waals surface area contributed by atoms with Gasteiger partial charge in [0.2, 0.25) is 5.78 Å². The van der Waals surface area contributed by atoms with Crippen LogP contribution >= 0.6 is 0 Å². The van der Waals surface area contributed by atoms with Crippen molar-refractivity contribution in [2.24, 2.45) is 0 Å². The van der Waals surface area contributed by atoms with Crippen molar-refractivity contribution in [3.8, 4) is 0 Å². The molecule has 4 nitrogen and oxygen atoms in total. The molecule has 0 fully saturated rings. The number of rotatable bonds is 1. The second-order valence-electron chi connectivity index (χ2n) is 3.69. The summed E-state index contributed by atoms with van der Waals surface area (Å²) in [6.07, 6.45) is 0.657. The molecular formula is C12H11NO3. The van der Waals surface area contributed by atoms with Crippen LogP contribution in [0.1, 0.15) is 22.8 Å².